The summed E-state index contributed by atoms with van der Waals surface area (Å²) in [6, 6.07) is 0. The van der Waals surface area contributed by atoms with Gasteiger partial charge in [0.2, 0.25) is 0 Å². The van der Waals surface area contributed by atoms with Gasteiger partial charge in [-0.3, -0.25) is 4.90 Å². The number of hydrogen-bond donors (Lipinski definition) is 0. The van der Waals surface area contributed by atoms with Gasteiger partial charge < -0.3 is 4.74 Å². The van der Waals surface area contributed by atoms with Crippen LogP contribution in [-0.4, -0.2) is 37.1 Å². The second-order valence-electron chi connectivity index (χ2n) is 5.69. The van der Waals surface area contributed by atoms with E-state index >= 15 is 0 Å². The average molecular weight is 297 g/mol. The first-order valence-electron chi connectivity index (χ1n) is 8.76. The molecule has 3 nitrogen and oxygen atoms in total. The van der Waals surface area contributed by atoms with Gasteiger partial charge in [0.05, 0.1) is 0 Å². The Kier molecular flexibility index (Phi) is 14.9. The van der Waals surface area contributed by atoms with Crippen molar-refractivity contribution in [1.29, 1.82) is 0 Å². The Bertz CT molecular complexity index is 254. The molecule has 0 aromatic heterocycles. The van der Waals surface area contributed by atoms with Crippen molar-refractivity contribution in [3.63, 3.8) is 0 Å². The molecule has 0 rings (SSSR count). The SMILES string of the molecule is C=CC(=O)OCCN(CCCCCC)CCCCCCC. The summed E-state index contributed by atoms with van der Waals surface area (Å²) >= 11 is 0. The van der Waals surface area contributed by atoms with Crippen LogP contribution in [0.5, 0.6) is 0 Å². The van der Waals surface area contributed by atoms with Gasteiger partial charge in [0.25, 0.3) is 0 Å². The zero-order valence-electron chi connectivity index (χ0n) is 14.2. The van der Waals surface area contributed by atoms with E-state index in [4.69, 9.17) is 4.74 Å². The van der Waals surface area contributed by atoms with E-state index in [9.17, 15) is 4.79 Å². The Morgan fingerprint density at radius 1 is 0.905 bits per heavy atom. The van der Waals surface area contributed by atoms with E-state index in [-0.39, 0.29) is 5.97 Å². The third-order valence-electron chi connectivity index (χ3n) is 3.72. The van der Waals surface area contributed by atoms with Crippen molar-refractivity contribution in [2.75, 3.05) is 26.2 Å². The number of ether oxygens (including phenoxy) is 1. The van der Waals surface area contributed by atoms with Crippen LogP contribution < -0.4 is 0 Å². The lowest BCUT2D eigenvalue weighted by Crippen LogP contribution is -2.30. The summed E-state index contributed by atoms with van der Waals surface area (Å²) in [4.78, 5) is 13.5. The minimum atomic E-state index is -0.316. The summed E-state index contributed by atoms with van der Waals surface area (Å²) in [5.74, 6) is -0.316. The number of carbonyl (C=O) groups is 1. The molecule has 0 aliphatic rings. The molecule has 0 radical (unpaired) electrons. The second-order valence-corrected chi connectivity index (χ2v) is 5.69. The quantitative estimate of drug-likeness (QED) is 0.252. The Morgan fingerprint density at radius 3 is 1.95 bits per heavy atom. The van der Waals surface area contributed by atoms with Crippen molar-refractivity contribution in [2.45, 2.75) is 71.6 Å². The Morgan fingerprint density at radius 2 is 1.43 bits per heavy atom. The largest absolute Gasteiger partial charge is 0.461 e. The molecule has 0 spiro atoms. The summed E-state index contributed by atoms with van der Waals surface area (Å²) in [7, 11) is 0. The molecule has 0 N–H and O–H groups in total. The van der Waals surface area contributed by atoms with Crippen LogP contribution in [0.25, 0.3) is 0 Å². The van der Waals surface area contributed by atoms with Crippen LogP contribution in [-0.2, 0) is 9.53 Å². The number of hydrogen-bond acceptors (Lipinski definition) is 3. The van der Waals surface area contributed by atoms with Crippen molar-refractivity contribution < 1.29 is 9.53 Å². The maximum atomic E-state index is 11.1. The topological polar surface area (TPSA) is 29.5 Å². The molecule has 0 saturated heterocycles. The van der Waals surface area contributed by atoms with Crippen molar-refractivity contribution >= 4 is 5.97 Å². The Labute approximate surface area is 131 Å². The summed E-state index contributed by atoms with van der Waals surface area (Å²) in [5, 5.41) is 0. The summed E-state index contributed by atoms with van der Waals surface area (Å²) in [5.41, 5.74) is 0. The van der Waals surface area contributed by atoms with Gasteiger partial charge in [0, 0.05) is 12.6 Å². The first-order chi connectivity index (χ1) is 10.2. The first-order valence-corrected chi connectivity index (χ1v) is 8.76. The summed E-state index contributed by atoms with van der Waals surface area (Å²) in [6.07, 6.45) is 12.9. The zero-order chi connectivity index (χ0) is 15.8. The normalized spacial score (nSPS) is 10.8. The van der Waals surface area contributed by atoms with Crippen LogP contribution in [0.3, 0.4) is 0 Å². The Hall–Kier alpha value is -0.830. The maximum Gasteiger partial charge on any atom is 0.330 e. The van der Waals surface area contributed by atoms with Gasteiger partial charge in [-0.15, -0.1) is 0 Å². The predicted molar refractivity (Wildman–Crippen MR) is 90.5 cm³/mol. The number of nitrogens with zero attached hydrogens (tertiary/aromatic N) is 1. The lowest BCUT2D eigenvalue weighted by atomic mass is 10.1. The van der Waals surface area contributed by atoms with Gasteiger partial charge in [-0.1, -0.05) is 65.4 Å². The van der Waals surface area contributed by atoms with Crippen molar-refractivity contribution in [3.05, 3.63) is 12.7 Å². The highest BCUT2D eigenvalue weighted by Gasteiger charge is 2.06. The molecule has 0 aliphatic carbocycles. The minimum absolute atomic E-state index is 0.316. The predicted octanol–water partition coefficient (Wildman–Crippen LogP) is 4.57. The molecular formula is C18H35NO2. The standard InChI is InChI=1S/C18H35NO2/c1-4-7-9-11-13-15-19(14-12-10-8-5-2)16-17-21-18(20)6-3/h6H,3-5,7-17H2,1-2H3. The fourth-order valence-corrected chi connectivity index (χ4v) is 2.37. The third kappa shape index (κ3) is 13.9. The number of esters is 1. The van der Waals surface area contributed by atoms with Crippen molar-refractivity contribution in [1.82, 2.24) is 4.90 Å². The monoisotopic (exact) mass is 297 g/mol. The highest BCUT2D eigenvalue weighted by molar-refractivity contribution is 5.81. The van der Waals surface area contributed by atoms with Crippen LogP contribution in [0.2, 0.25) is 0 Å². The molecule has 0 bridgehead atoms. The molecule has 0 amide bonds. The fraction of sp³-hybridized carbons (Fsp3) is 0.833. The minimum Gasteiger partial charge on any atom is -0.461 e. The molecule has 0 fully saturated rings. The molecule has 3 heteroatoms. The second kappa shape index (κ2) is 15.6. The number of rotatable bonds is 15. The molecule has 0 unspecified atom stereocenters. The van der Waals surface area contributed by atoms with Gasteiger partial charge in [0.15, 0.2) is 0 Å². The van der Waals surface area contributed by atoms with E-state index in [1.54, 1.807) is 0 Å². The lowest BCUT2D eigenvalue weighted by Gasteiger charge is -2.22. The van der Waals surface area contributed by atoms with E-state index in [0.717, 1.165) is 19.6 Å². The van der Waals surface area contributed by atoms with Gasteiger partial charge in [0.1, 0.15) is 6.61 Å². The first kappa shape index (κ1) is 20.2. The zero-order valence-corrected chi connectivity index (χ0v) is 14.2. The van der Waals surface area contributed by atoms with Gasteiger partial charge in [-0.05, 0) is 25.9 Å². The van der Waals surface area contributed by atoms with Crippen LogP contribution in [0.4, 0.5) is 0 Å². The molecule has 124 valence electrons. The van der Waals surface area contributed by atoms with E-state index in [2.05, 4.69) is 25.3 Å². The smallest absolute Gasteiger partial charge is 0.330 e. The van der Waals surface area contributed by atoms with Gasteiger partial charge >= 0.3 is 5.97 Å². The highest BCUT2D eigenvalue weighted by Crippen LogP contribution is 2.06. The van der Waals surface area contributed by atoms with Crippen LogP contribution in [0.15, 0.2) is 12.7 Å². The lowest BCUT2D eigenvalue weighted by molar-refractivity contribution is -0.138. The molecular weight excluding hydrogens is 262 g/mol. The summed E-state index contributed by atoms with van der Waals surface area (Å²) < 4.78 is 5.10. The van der Waals surface area contributed by atoms with Crippen molar-refractivity contribution in [3.8, 4) is 0 Å². The molecule has 0 aromatic rings. The van der Waals surface area contributed by atoms with Crippen molar-refractivity contribution in [2.24, 2.45) is 0 Å². The van der Waals surface area contributed by atoms with Crippen LogP contribution in [0, 0.1) is 0 Å². The third-order valence-corrected chi connectivity index (χ3v) is 3.72. The summed E-state index contributed by atoms with van der Waals surface area (Å²) in [6.45, 7) is 11.5. The molecule has 0 heterocycles. The Balaban J connectivity index is 3.84. The molecule has 0 saturated carbocycles. The van der Waals surface area contributed by atoms with Crippen LogP contribution in [0.1, 0.15) is 71.6 Å². The number of unbranched alkanes of at least 4 members (excludes halogenated alkanes) is 7. The fourth-order valence-electron chi connectivity index (χ4n) is 2.37. The molecule has 0 aromatic carbocycles. The van der Waals surface area contributed by atoms with E-state index < -0.39 is 0 Å². The van der Waals surface area contributed by atoms with Crippen LogP contribution >= 0.6 is 0 Å². The average Bonchev–Trinajstić information content (AvgIpc) is 2.50. The molecule has 21 heavy (non-hydrogen) atoms. The molecule has 0 atom stereocenters. The van der Waals surface area contributed by atoms with Gasteiger partial charge in [-0.25, -0.2) is 4.79 Å². The van der Waals surface area contributed by atoms with E-state index in [0.29, 0.717) is 6.61 Å². The van der Waals surface area contributed by atoms with Gasteiger partial charge in [-0.2, -0.15) is 0 Å². The number of carbonyl (C=O) groups excluding carboxylic acids is 1. The van der Waals surface area contributed by atoms with E-state index in [1.807, 2.05) is 0 Å². The molecule has 0 aliphatic heterocycles. The maximum absolute atomic E-state index is 11.1. The highest BCUT2D eigenvalue weighted by atomic mass is 16.5. The van der Waals surface area contributed by atoms with E-state index in [1.165, 1.54) is 63.9 Å².